The third-order valence-electron chi connectivity index (χ3n) is 5.59. The highest BCUT2D eigenvalue weighted by atomic mass is 79.9. The molecule has 0 aliphatic heterocycles. The summed E-state index contributed by atoms with van der Waals surface area (Å²) in [6.07, 6.45) is 7.46. The number of hydrogen-bond acceptors (Lipinski definition) is 1. The number of rotatable bonds is 2. The number of halogens is 2. The number of amides is 1. The van der Waals surface area contributed by atoms with E-state index in [2.05, 4.69) is 21.2 Å². The van der Waals surface area contributed by atoms with Crippen molar-refractivity contribution in [1.82, 2.24) is 5.32 Å². The molecule has 0 aromatic heterocycles. The summed E-state index contributed by atoms with van der Waals surface area (Å²) in [5, 5.41) is 3.31. The number of nitrogens with one attached hydrogen (secondary N) is 1. The molecule has 0 atom stereocenters. The lowest BCUT2D eigenvalue weighted by Crippen LogP contribution is -2.59. The SMILES string of the molecule is O=C(NC12CC3CC(CC(C3)C1)C2)c1ccc(F)cc1Br. The fourth-order valence-electron chi connectivity index (χ4n) is 5.25. The summed E-state index contributed by atoms with van der Waals surface area (Å²) in [5.41, 5.74) is 0.534. The summed E-state index contributed by atoms with van der Waals surface area (Å²) >= 11 is 3.30. The molecule has 0 radical (unpaired) electrons. The van der Waals surface area contributed by atoms with Crippen LogP contribution in [0.2, 0.25) is 0 Å². The molecule has 21 heavy (non-hydrogen) atoms. The summed E-state index contributed by atoms with van der Waals surface area (Å²) in [4.78, 5) is 12.6. The smallest absolute Gasteiger partial charge is 0.252 e. The van der Waals surface area contributed by atoms with Crippen molar-refractivity contribution in [1.29, 1.82) is 0 Å². The van der Waals surface area contributed by atoms with Crippen molar-refractivity contribution in [2.75, 3.05) is 0 Å². The number of carbonyl (C=O) groups is 1. The Kier molecular flexibility index (Phi) is 3.14. The predicted octanol–water partition coefficient (Wildman–Crippen LogP) is 4.29. The van der Waals surface area contributed by atoms with Crippen molar-refractivity contribution >= 4 is 21.8 Å². The first kappa shape index (κ1) is 13.7. The lowest BCUT2D eigenvalue weighted by atomic mass is 9.53. The Morgan fingerprint density at radius 1 is 1.14 bits per heavy atom. The van der Waals surface area contributed by atoms with Gasteiger partial charge in [0.05, 0.1) is 5.56 Å². The Labute approximate surface area is 132 Å². The largest absolute Gasteiger partial charge is 0.347 e. The van der Waals surface area contributed by atoms with Crippen LogP contribution in [0.25, 0.3) is 0 Å². The Morgan fingerprint density at radius 3 is 2.24 bits per heavy atom. The molecule has 0 saturated heterocycles. The Bertz CT molecular complexity index is 565. The van der Waals surface area contributed by atoms with Gasteiger partial charge in [-0.25, -0.2) is 4.39 Å². The van der Waals surface area contributed by atoms with Crippen LogP contribution in [0.1, 0.15) is 48.9 Å². The zero-order valence-corrected chi connectivity index (χ0v) is 13.5. The highest BCUT2D eigenvalue weighted by Crippen LogP contribution is 2.55. The third-order valence-corrected chi connectivity index (χ3v) is 6.25. The highest BCUT2D eigenvalue weighted by Gasteiger charge is 2.51. The van der Waals surface area contributed by atoms with Crippen LogP contribution in [0.4, 0.5) is 4.39 Å². The highest BCUT2D eigenvalue weighted by molar-refractivity contribution is 9.10. The van der Waals surface area contributed by atoms with E-state index in [1.54, 1.807) is 6.07 Å². The Morgan fingerprint density at radius 2 is 1.71 bits per heavy atom. The van der Waals surface area contributed by atoms with Crippen molar-refractivity contribution in [3.63, 3.8) is 0 Å². The Hall–Kier alpha value is -0.900. The molecule has 4 aliphatic carbocycles. The number of benzene rings is 1. The van der Waals surface area contributed by atoms with Crippen LogP contribution in [-0.2, 0) is 0 Å². The molecular formula is C17H19BrFNO. The van der Waals surface area contributed by atoms with Crippen LogP contribution in [0.15, 0.2) is 22.7 Å². The van der Waals surface area contributed by atoms with Crippen LogP contribution < -0.4 is 5.32 Å². The van der Waals surface area contributed by atoms with Crippen LogP contribution in [0.3, 0.4) is 0 Å². The molecule has 2 nitrogen and oxygen atoms in total. The van der Waals surface area contributed by atoms with E-state index in [1.807, 2.05) is 0 Å². The fourth-order valence-corrected chi connectivity index (χ4v) is 5.78. The van der Waals surface area contributed by atoms with Crippen molar-refractivity contribution in [3.05, 3.63) is 34.1 Å². The minimum Gasteiger partial charge on any atom is -0.347 e. The molecule has 4 aliphatic rings. The van der Waals surface area contributed by atoms with Gasteiger partial charge in [-0.05, 0) is 90.4 Å². The van der Waals surface area contributed by atoms with Gasteiger partial charge in [0.2, 0.25) is 0 Å². The molecule has 4 saturated carbocycles. The standard InChI is InChI=1S/C17H19BrFNO/c18-15-6-13(19)1-2-14(15)16(21)20-17-7-10-3-11(8-17)5-12(4-10)9-17/h1-2,6,10-12H,3-5,7-9H2,(H,20,21). The van der Waals surface area contributed by atoms with Crippen LogP contribution in [0.5, 0.6) is 0 Å². The second kappa shape index (κ2) is 4.80. The van der Waals surface area contributed by atoms with Crippen LogP contribution in [-0.4, -0.2) is 11.4 Å². The van der Waals surface area contributed by atoms with E-state index >= 15 is 0 Å². The van der Waals surface area contributed by atoms with Crippen LogP contribution >= 0.6 is 15.9 Å². The van der Waals surface area contributed by atoms with Gasteiger partial charge in [-0.2, -0.15) is 0 Å². The summed E-state index contributed by atoms with van der Waals surface area (Å²) in [7, 11) is 0. The Balaban J connectivity index is 1.57. The zero-order chi connectivity index (χ0) is 14.6. The van der Waals surface area contributed by atoms with E-state index in [0.717, 1.165) is 37.0 Å². The van der Waals surface area contributed by atoms with E-state index in [4.69, 9.17) is 0 Å². The molecular weight excluding hydrogens is 333 g/mol. The minimum atomic E-state index is -0.326. The van der Waals surface area contributed by atoms with E-state index in [0.29, 0.717) is 10.0 Å². The summed E-state index contributed by atoms with van der Waals surface area (Å²) in [5.74, 6) is 2.01. The average molecular weight is 352 g/mol. The maximum absolute atomic E-state index is 13.2. The van der Waals surface area contributed by atoms with E-state index in [-0.39, 0.29) is 17.3 Å². The van der Waals surface area contributed by atoms with Crippen molar-refractivity contribution < 1.29 is 9.18 Å². The van der Waals surface area contributed by atoms with Gasteiger partial charge in [0.25, 0.3) is 5.91 Å². The van der Waals surface area contributed by atoms with Gasteiger partial charge in [0, 0.05) is 10.0 Å². The van der Waals surface area contributed by atoms with Gasteiger partial charge in [-0.3, -0.25) is 4.79 Å². The number of hydrogen-bond donors (Lipinski definition) is 1. The lowest BCUT2D eigenvalue weighted by molar-refractivity contribution is -0.0167. The topological polar surface area (TPSA) is 29.1 Å². The molecule has 1 amide bonds. The van der Waals surface area contributed by atoms with Gasteiger partial charge in [-0.15, -0.1) is 0 Å². The molecule has 4 bridgehead atoms. The van der Waals surface area contributed by atoms with Gasteiger partial charge >= 0.3 is 0 Å². The van der Waals surface area contributed by atoms with Gasteiger partial charge in [0.15, 0.2) is 0 Å². The quantitative estimate of drug-likeness (QED) is 0.846. The summed E-state index contributed by atoms with van der Waals surface area (Å²) in [6.45, 7) is 0. The maximum atomic E-state index is 13.2. The molecule has 1 aromatic carbocycles. The van der Waals surface area contributed by atoms with E-state index < -0.39 is 0 Å². The molecule has 4 fully saturated rings. The predicted molar refractivity (Wildman–Crippen MR) is 82.5 cm³/mol. The number of carbonyl (C=O) groups excluding carboxylic acids is 1. The average Bonchev–Trinajstić information content (AvgIpc) is 2.35. The van der Waals surface area contributed by atoms with E-state index in [1.165, 1.54) is 31.4 Å². The van der Waals surface area contributed by atoms with E-state index in [9.17, 15) is 9.18 Å². The van der Waals surface area contributed by atoms with Crippen molar-refractivity contribution in [3.8, 4) is 0 Å². The van der Waals surface area contributed by atoms with Crippen molar-refractivity contribution in [2.24, 2.45) is 17.8 Å². The monoisotopic (exact) mass is 351 g/mol. The third kappa shape index (κ3) is 2.41. The minimum absolute atomic E-state index is 0.000338. The second-order valence-electron chi connectivity index (χ2n) is 7.28. The lowest BCUT2D eigenvalue weighted by Gasteiger charge is -2.56. The molecule has 112 valence electrons. The summed E-state index contributed by atoms with van der Waals surface area (Å²) in [6, 6.07) is 4.27. The maximum Gasteiger partial charge on any atom is 0.252 e. The first-order valence-electron chi connectivity index (χ1n) is 7.81. The van der Waals surface area contributed by atoms with Crippen LogP contribution in [0, 0.1) is 23.6 Å². The molecule has 4 heteroatoms. The first-order chi connectivity index (χ1) is 10.0. The first-order valence-corrected chi connectivity index (χ1v) is 8.60. The fraction of sp³-hybridized carbons (Fsp3) is 0.588. The van der Waals surface area contributed by atoms with Crippen molar-refractivity contribution in [2.45, 2.75) is 44.1 Å². The molecule has 0 unspecified atom stereocenters. The van der Waals surface area contributed by atoms with Gasteiger partial charge in [0.1, 0.15) is 5.82 Å². The normalized spacial score (nSPS) is 36.8. The molecule has 0 spiro atoms. The molecule has 1 aromatic rings. The summed E-state index contributed by atoms with van der Waals surface area (Å²) < 4.78 is 13.7. The molecule has 1 N–H and O–H groups in total. The molecule has 5 rings (SSSR count). The van der Waals surface area contributed by atoms with Gasteiger partial charge < -0.3 is 5.32 Å². The zero-order valence-electron chi connectivity index (χ0n) is 11.9. The second-order valence-corrected chi connectivity index (χ2v) is 8.13. The molecule has 0 heterocycles. The van der Waals surface area contributed by atoms with Gasteiger partial charge in [-0.1, -0.05) is 0 Å².